The summed E-state index contributed by atoms with van der Waals surface area (Å²) in [6.45, 7) is 2.39. The smallest absolute Gasteiger partial charge is 0.225 e. The number of aryl methyl sites for hydroxylation is 1. The van der Waals surface area contributed by atoms with Crippen LogP contribution in [-0.4, -0.2) is 33.7 Å². The number of benzene rings is 1. The third-order valence-electron chi connectivity index (χ3n) is 3.55. The largest absolute Gasteiger partial charge is 0.497 e. The highest BCUT2D eigenvalue weighted by Gasteiger charge is 2.16. The molecule has 0 atom stereocenters. The van der Waals surface area contributed by atoms with Crippen LogP contribution >= 0.6 is 23.2 Å². The molecule has 0 unspecified atom stereocenters. The number of halogens is 2. The van der Waals surface area contributed by atoms with Gasteiger partial charge in [-0.1, -0.05) is 11.6 Å². The van der Waals surface area contributed by atoms with Crippen LogP contribution < -0.4 is 9.47 Å². The quantitative estimate of drug-likeness (QED) is 0.531. The van der Waals surface area contributed by atoms with Crippen LogP contribution in [0.15, 0.2) is 18.2 Å². The molecular weight excluding hydrogens is 339 g/mol. The second-order valence-electron chi connectivity index (χ2n) is 4.88. The van der Waals surface area contributed by atoms with Crippen molar-refractivity contribution in [1.29, 1.82) is 0 Å². The maximum absolute atomic E-state index is 6.22. The lowest BCUT2D eigenvalue weighted by Gasteiger charge is -2.12. The first-order chi connectivity index (χ1) is 11.0. The fourth-order valence-electron chi connectivity index (χ4n) is 2.42. The number of methoxy groups -OCH3 is 2. The number of rotatable bonds is 4. The predicted molar refractivity (Wildman–Crippen MR) is 88.7 cm³/mol. The van der Waals surface area contributed by atoms with Crippen molar-refractivity contribution in [2.45, 2.75) is 13.5 Å². The first-order valence-corrected chi connectivity index (χ1v) is 7.56. The first-order valence-electron chi connectivity index (χ1n) is 6.80. The van der Waals surface area contributed by atoms with E-state index >= 15 is 0 Å². The van der Waals surface area contributed by atoms with Gasteiger partial charge in [0, 0.05) is 11.6 Å². The van der Waals surface area contributed by atoms with Crippen LogP contribution in [0.25, 0.3) is 11.2 Å². The summed E-state index contributed by atoms with van der Waals surface area (Å²) < 4.78 is 12.6. The van der Waals surface area contributed by atoms with Gasteiger partial charge in [-0.2, -0.15) is 4.98 Å². The number of hydrogen-bond donors (Lipinski definition) is 0. The molecule has 3 rings (SSSR count). The van der Waals surface area contributed by atoms with Gasteiger partial charge in [-0.25, -0.2) is 9.97 Å². The Bertz CT molecular complexity index is 880. The van der Waals surface area contributed by atoms with Gasteiger partial charge in [0.2, 0.25) is 5.28 Å². The second kappa shape index (κ2) is 6.22. The SMILES string of the molecule is COc1ccc(Cn2c(C)nc3nc(Cl)nc(Cl)c32)c(OC)c1. The van der Waals surface area contributed by atoms with Crippen molar-refractivity contribution in [3.8, 4) is 11.5 Å². The van der Waals surface area contributed by atoms with Crippen LogP contribution in [0.4, 0.5) is 0 Å². The van der Waals surface area contributed by atoms with E-state index in [1.807, 2.05) is 29.7 Å². The van der Waals surface area contributed by atoms with Gasteiger partial charge >= 0.3 is 0 Å². The van der Waals surface area contributed by atoms with E-state index in [-0.39, 0.29) is 10.4 Å². The minimum atomic E-state index is 0.0779. The van der Waals surface area contributed by atoms with Crippen molar-refractivity contribution in [3.05, 3.63) is 40.0 Å². The summed E-state index contributed by atoms with van der Waals surface area (Å²) in [5.41, 5.74) is 2.08. The molecule has 0 fully saturated rings. The van der Waals surface area contributed by atoms with Gasteiger partial charge in [0.25, 0.3) is 0 Å². The van der Waals surface area contributed by atoms with Crippen LogP contribution in [0.3, 0.4) is 0 Å². The fraction of sp³-hybridized carbons (Fsp3) is 0.267. The molecule has 0 aliphatic heterocycles. The Balaban J connectivity index is 2.10. The molecule has 0 spiro atoms. The first kappa shape index (κ1) is 15.8. The number of hydrogen-bond acceptors (Lipinski definition) is 5. The number of ether oxygens (including phenoxy) is 2. The molecular formula is C15H14Cl2N4O2. The van der Waals surface area contributed by atoms with Gasteiger partial charge in [-0.15, -0.1) is 0 Å². The second-order valence-corrected chi connectivity index (χ2v) is 5.57. The van der Waals surface area contributed by atoms with E-state index < -0.39 is 0 Å². The third-order valence-corrected chi connectivity index (χ3v) is 3.98. The molecule has 0 aliphatic carbocycles. The Morgan fingerprint density at radius 1 is 1.09 bits per heavy atom. The van der Waals surface area contributed by atoms with Gasteiger partial charge in [0.05, 0.1) is 20.8 Å². The monoisotopic (exact) mass is 352 g/mol. The summed E-state index contributed by atoms with van der Waals surface area (Å²) in [5, 5.41) is 0.349. The minimum absolute atomic E-state index is 0.0779. The van der Waals surface area contributed by atoms with E-state index in [1.165, 1.54) is 0 Å². The van der Waals surface area contributed by atoms with E-state index in [9.17, 15) is 0 Å². The van der Waals surface area contributed by atoms with Gasteiger partial charge in [0.1, 0.15) is 22.8 Å². The highest BCUT2D eigenvalue weighted by Crippen LogP contribution is 2.29. The predicted octanol–water partition coefficient (Wildman–Crippen LogP) is 3.51. The third kappa shape index (κ3) is 2.92. The van der Waals surface area contributed by atoms with E-state index in [2.05, 4.69) is 15.0 Å². The van der Waals surface area contributed by atoms with Crippen LogP contribution in [0.2, 0.25) is 10.4 Å². The fourth-order valence-corrected chi connectivity index (χ4v) is 2.90. The van der Waals surface area contributed by atoms with Crippen molar-refractivity contribution in [2.75, 3.05) is 14.2 Å². The van der Waals surface area contributed by atoms with Crippen molar-refractivity contribution < 1.29 is 9.47 Å². The summed E-state index contributed by atoms with van der Waals surface area (Å²) in [4.78, 5) is 12.5. The molecule has 2 aromatic heterocycles. The maximum Gasteiger partial charge on any atom is 0.225 e. The number of imidazole rings is 1. The molecule has 0 saturated carbocycles. The molecule has 120 valence electrons. The van der Waals surface area contributed by atoms with Gasteiger partial charge in [-0.3, -0.25) is 0 Å². The lowest BCUT2D eigenvalue weighted by atomic mass is 10.2. The highest BCUT2D eigenvalue weighted by molar-refractivity contribution is 6.35. The Morgan fingerprint density at radius 3 is 2.57 bits per heavy atom. The standard InChI is InChI=1S/C15H14Cl2N4O2/c1-8-18-14-12(13(16)19-15(17)20-14)21(8)7-9-4-5-10(22-2)6-11(9)23-3/h4-6H,7H2,1-3H3. The van der Waals surface area contributed by atoms with Crippen LogP contribution in [0, 0.1) is 6.92 Å². The lowest BCUT2D eigenvalue weighted by Crippen LogP contribution is -2.05. The molecule has 0 amide bonds. The summed E-state index contributed by atoms with van der Waals surface area (Å²) in [5.74, 6) is 2.21. The van der Waals surface area contributed by atoms with Crippen LogP contribution in [0.1, 0.15) is 11.4 Å². The van der Waals surface area contributed by atoms with E-state index in [0.717, 1.165) is 22.9 Å². The van der Waals surface area contributed by atoms with Gasteiger partial charge < -0.3 is 14.0 Å². The number of nitrogens with zero attached hydrogens (tertiary/aromatic N) is 4. The topological polar surface area (TPSA) is 62.1 Å². The molecule has 0 radical (unpaired) electrons. The molecule has 0 N–H and O–H groups in total. The van der Waals surface area contributed by atoms with Crippen LogP contribution in [0.5, 0.6) is 11.5 Å². The summed E-state index contributed by atoms with van der Waals surface area (Å²) in [7, 11) is 3.23. The molecule has 23 heavy (non-hydrogen) atoms. The maximum atomic E-state index is 6.22. The Labute approximate surface area is 143 Å². The molecule has 2 heterocycles. The summed E-state index contributed by atoms with van der Waals surface area (Å²) in [6, 6.07) is 5.65. The van der Waals surface area contributed by atoms with Gasteiger partial charge in [0.15, 0.2) is 10.8 Å². The summed E-state index contributed by atoms with van der Waals surface area (Å²) >= 11 is 12.1. The Kier molecular flexibility index (Phi) is 4.28. The van der Waals surface area contributed by atoms with E-state index in [1.54, 1.807) is 14.2 Å². The van der Waals surface area contributed by atoms with Crippen molar-refractivity contribution in [1.82, 2.24) is 19.5 Å². The van der Waals surface area contributed by atoms with Crippen molar-refractivity contribution >= 4 is 34.4 Å². The molecule has 6 nitrogen and oxygen atoms in total. The Morgan fingerprint density at radius 2 is 1.87 bits per heavy atom. The zero-order valence-corrected chi connectivity index (χ0v) is 14.3. The normalized spacial score (nSPS) is 11.0. The lowest BCUT2D eigenvalue weighted by molar-refractivity contribution is 0.390. The molecule has 0 saturated heterocycles. The molecule has 8 heteroatoms. The van der Waals surface area contributed by atoms with E-state index in [0.29, 0.717) is 17.7 Å². The average Bonchev–Trinajstić information content (AvgIpc) is 2.83. The zero-order valence-electron chi connectivity index (χ0n) is 12.8. The highest BCUT2D eigenvalue weighted by atomic mass is 35.5. The summed E-state index contributed by atoms with van der Waals surface area (Å²) in [6.07, 6.45) is 0. The van der Waals surface area contributed by atoms with E-state index in [4.69, 9.17) is 32.7 Å². The molecule has 0 aliphatic rings. The van der Waals surface area contributed by atoms with Crippen molar-refractivity contribution in [3.63, 3.8) is 0 Å². The zero-order chi connectivity index (χ0) is 16.6. The number of aromatic nitrogens is 4. The van der Waals surface area contributed by atoms with Crippen LogP contribution in [-0.2, 0) is 6.54 Å². The molecule has 1 aromatic carbocycles. The molecule has 0 bridgehead atoms. The van der Waals surface area contributed by atoms with Gasteiger partial charge in [-0.05, 0) is 30.7 Å². The van der Waals surface area contributed by atoms with Crippen molar-refractivity contribution in [2.24, 2.45) is 0 Å². The minimum Gasteiger partial charge on any atom is -0.497 e. The molecule has 3 aromatic rings. The Hall–Kier alpha value is -2.05. The number of fused-ring (bicyclic) bond motifs is 1. The average molecular weight is 353 g/mol.